The maximum atomic E-state index is 11.8. The molecule has 3 nitrogen and oxygen atoms in total. The van der Waals surface area contributed by atoms with Gasteiger partial charge in [0.25, 0.3) is 0 Å². The molecule has 0 unspecified atom stereocenters. The number of likely N-dealkylation sites (N-methyl/N-ethyl adjacent to an activating group) is 1. The molecule has 0 aromatic rings. The van der Waals surface area contributed by atoms with Crippen LogP contribution in [0.2, 0.25) is 0 Å². The molecule has 0 saturated carbocycles. The molecule has 0 aliphatic carbocycles. The van der Waals surface area contributed by atoms with Gasteiger partial charge in [0, 0.05) is 26.2 Å². The Hall–Kier alpha value is -0.570. The number of carbonyl (C=O) groups excluding carboxylic acids is 1. The first-order valence-electron chi connectivity index (χ1n) is 4.58. The molecular formula is C9H18N2O. The van der Waals surface area contributed by atoms with Crippen LogP contribution in [0.25, 0.3) is 0 Å². The summed E-state index contributed by atoms with van der Waals surface area (Å²) in [6.07, 6.45) is 0. The second kappa shape index (κ2) is 3.44. The van der Waals surface area contributed by atoms with Crippen LogP contribution in [-0.4, -0.2) is 37.0 Å². The second-order valence-corrected chi connectivity index (χ2v) is 3.95. The summed E-state index contributed by atoms with van der Waals surface area (Å²) in [7, 11) is 0. The van der Waals surface area contributed by atoms with E-state index in [2.05, 4.69) is 5.32 Å². The maximum Gasteiger partial charge on any atom is 0.229 e. The summed E-state index contributed by atoms with van der Waals surface area (Å²) in [4.78, 5) is 13.7. The van der Waals surface area contributed by atoms with Crippen molar-refractivity contribution < 1.29 is 4.79 Å². The van der Waals surface area contributed by atoms with Gasteiger partial charge in [0.05, 0.1) is 5.41 Å². The van der Waals surface area contributed by atoms with Crippen LogP contribution in [0.3, 0.4) is 0 Å². The maximum absolute atomic E-state index is 11.8. The van der Waals surface area contributed by atoms with Crippen LogP contribution in [0.5, 0.6) is 0 Å². The summed E-state index contributed by atoms with van der Waals surface area (Å²) in [6.45, 7) is 9.40. The highest BCUT2D eigenvalue weighted by Crippen LogP contribution is 2.19. The zero-order valence-corrected chi connectivity index (χ0v) is 8.18. The molecule has 0 bridgehead atoms. The van der Waals surface area contributed by atoms with Gasteiger partial charge in [-0.2, -0.15) is 0 Å². The lowest BCUT2D eigenvalue weighted by Crippen LogP contribution is -2.41. The van der Waals surface area contributed by atoms with Crippen LogP contribution in [0.15, 0.2) is 0 Å². The molecule has 3 heteroatoms. The van der Waals surface area contributed by atoms with Crippen molar-refractivity contribution in [2.45, 2.75) is 20.8 Å². The minimum Gasteiger partial charge on any atom is -0.341 e. The van der Waals surface area contributed by atoms with Crippen molar-refractivity contribution in [3.05, 3.63) is 0 Å². The molecule has 0 spiro atoms. The standard InChI is InChI=1S/C9H18N2O/c1-4-11-6-5-10-7-9(2,3)8(11)12/h10H,4-7H2,1-3H3. The van der Waals surface area contributed by atoms with Crippen molar-refractivity contribution in [1.82, 2.24) is 10.2 Å². The summed E-state index contributed by atoms with van der Waals surface area (Å²) in [5, 5.41) is 3.27. The first-order chi connectivity index (χ1) is 5.58. The molecule has 0 aromatic carbocycles. The fraction of sp³-hybridized carbons (Fsp3) is 0.889. The average Bonchev–Trinajstić information content (AvgIpc) is 2.14. The van der Waals surface area contributed by atoms with Gasteiger partial charge in [0.15, 0.2) is 0 Å². The van der Waals surface area contributed by atoms with Gasteiger partial charge in [-0.1, -0.05) is 0 Å². The molecule has 1 saturated heterocycles. The van der Waals surface area contributed by atoms with E-state index in [0.29, 0.717) is 0 Å². The Morgan fingerprint density at radius 1 is 1.58 bits per heavy atom. The summed E-state index contributed by atoms with van der Waals surface area (Å²) >= 11 is 0. The summed E-state index contributed by atoms with van der Waals surface area (Å²) < 4.78 is 0. The molecule has 0 radical (unpaired) electrons. The molecule has 0 aromatic heterocycles. The minimum absolute atomic E-state index is 0.230. The lowest BCUT2D eigenvalue weighted by molar-refractivity contribution is -0.138. The highest BCUT2D eigenvalue weighted by atomic mass is 16.2. The molecule has 12 heavy (non-hydrogen) atoms. The van der Waals surface area contributed by atoms with Gasteiger partial charge >= 0.3 is 0 Å². The van der Waals surface area contributed by atoms with Gasteiger partial charge in [-0.15, -0.1) is 0 Å². The Labute approximate surface area is 74.1 Å². The molecule has 1 rings (SSSR count). The average molecular weight is 170 g/mol. The van der Waals surface area contributed by atoms with Gasteiger partial charge in [-0.05, 0) is 20.8 Å². The van der Waals surface area contributed by atoms with E-state index in [1.807, 2.05) is 25.7 Å². The molecular weight excluding hydrogens is 152 g/mol. The SMILES string of the molecule is CCN1CCNCC(C)(C)C1=O. The molecule has 1 amide bonds. The molecule has 1 fully saturated rings. The third-order valence-electron chi connectivity index (χ3n) is 2.37. The normalized spacial score (nSPS) is 23.9. The van der Waals surface area contributed by atoms with E-state index in [-0.39, 0.29) is 11.3 Å². The van der Waals surface area contributed by atoms with Gasteiger partial charge in [0.1, 0.15) is 0 Å². The van der Waals surface area contributed by atoms with Gasteiger partial charge in [-0.3, -0.25) is 4.79 Å². The zero-order chi connectivity index (χ0) is 9.19. The van der Waals surface area contributed by atoms with E-state index in [9.17, 15) is 4.79 Å². The molecule has 1 heterocycles. The summed E-state index contributed by atoms with van der Waals surface area (Å²) in [5.41, 5.74) is -0.230. The monoisotopic (exact) mass is 170 g/mol. The van der Waals surface area contributed by atoms with Gasteiger partial charge in [-0.25, -0.2) is 0 Å². The number of rotatable bonds is 1. The second-order valence-electron chi connectivity index (χ2n) is 3.95. The van der Waals surface area contributed by atoms with E-state index in [4.69, 9.17) is 0 Å². The van der Waals surface area contributed by atoms with Gasteiger partial charge in [0.2, 0.25) is 5.91 Å². The van der Waals surface area contributed by atoms with Crippen LogP contribution in [0.1, 0.15) is 20.8 Å². The van der Waals surface area contributed by atoms with Crippen molar-refractivity contribution in [3.8, 4) is 0 Å². The Kier molecular flexibility index (Phi) is 2.73. The number of hydrogen-bond donors (Lipinski definition) is 1. The first-order valence-corrected chi connectivity index (χ1v) is 4.58. The predicted molar refractivity (Wildman–Crippen MR) is 48.9 cm³/mol. The summed E-state index contributed by atoms with van der Waals surface area (Å²) in [5.74, 6) is 0.273. The van der Waals surface area contributed by atoms with Crippen LogP contribution >= 0.6 is 0 Å². The van der Waals surface area contributed by atoms with E-state index in [1.54, 1.807) is 0 Å². The van der Waals surface area contributed by atoms with Crippen molar-refractivity contribution in [1.29, 1.82) is 0 Å². The van der Waals surface area contributed by atoms with E-state index in [1.165, 1.54) is 0 Å². The van der Waals surface area contributed by atoms with Crippen LogP contribution in [0.4, 0.5) is 0 Å². The van der Waals surface area contributed by atoms with Crippen LogP contribution < -0.4 is 5.32 Å². The van der Waals surface area contributed by atoms with Crippen LogP contribution in [0, 0.1) is 5.41 Å². The number of hydrogen-bond acceptors (Lipinski definition) is 2. The number of carbonyl (C=O) groups is 1. The highest BCUT2D eigenvalue weighted by Gasteiger charge is 2.32. The van der Waals surface area contributed by atoms with Crippen LogP contribution in [-0.2, 0) is 4.79 Å². The smallest absolute Gasteiger partial charge is 0.229 e. The third-order valence-corrected chi connectivity index (χ3v) is 2.37. The van der Waals surface area contributed by atoms with Gasteiger partial charge < -0.3 is 10.2 Å². The Morgan fingerprint density at radius 2 is 2.25 bits per heavy atom. The highest BCUT2D eigenvalue weighted by molar-refractivity contribution is 5.82. The Balaban J connectivity index is 2.73. The lowest BCUT2D eigenvalue weighted by Gasteiger charge is -2.27. The lowest BCUT2D eigenvalue weighted by atomic mass is 9.92. The summed E-state index contributed by atoms with van der Waals surface area (Å²) in [6, 6.07) is 0. The number of nitrogens with zero attached hydrogens (tertiary/aromatic N) is 1. The quantitative estimate of drug-likeness (QED) is 0.620. The van der Waals surface area contributed by atoms with Crippen molar-refractivity contribution >= 4 is 5.91 Å². The Morgan fingerprint density at radius 3 is 2.83 bits per heavy atom. The zero-order valence-electron chi connectivity index (χ0n) is 8.18. The first kappa shape index (κ1) is 9.52. The molecule has 1 N–H and O–H groups in total. The molecule has 0 atom stereocenters. The largest absolute Gasteiger partial charge is 0.341 e. The third kappa shape index (κ3) is 1.78. The fourth-order valence-corrected chi connectivity index (χ4v) is 1.52. The van der Waals surface area contributed by atoms with Crippen molar-refractivity contribution in [3.63, 3.8) is 0 Å². The fourth-order valence-electron chi connectivity index (χ4n) is 1.52. The molecule has 1 aliphatic rings. The molecule has 70 valence electrons. The predicted octanol–water partition coefficient (Wildman–Crippen LogP) is 0.464. The van der Waals surface area contributed by atoms with E-state index in [0.717, 1.165) is 26.2 Å². The van der Waals surface area contributed by atoms with E-state index >= 15 is 0 Å². The van der Waals surface area contributed by atoms with Crippen molar-refractivity contribution in [2.24, 2.45) is 5.41 Å². The molecule has 1 aliphatic heterocycles. The Bertz CT molecular complexity index is 177. The number of nitrogens with one attached hydrogen (secondary N) is 1. The number of amides is 1. The van der Waals surface area contributed by atoms with Crippen molar-refractivity contribution in [2.75, 3.05) is 26.2 Å². The van der Waals surface area contributed by atoms with E-state index < -0.39 is 0 Å². The minimum atomic E-state index is -0.230. The topological polar surface area (TPSA) is 32.3 Å².